The van der Waals surface area contributed by atoms with Crippen molar-refractivity contribution < 1.29 is 13.2 Å². The van der Waals surface area contributed by atoms with Gasteiger partial charge in [-0.1, -0.05) is 20.8 Å². The lowest BCUT2D eigenvalue weighted by molar-refractivity contribution is -0.124. The lowest BCUT2D eigenvalue weighted by Crippen LogP contribution is -2.31. The summed E-state index contributed by atoms with van der Waals surface area (Å²) < 4.78 is 34.8. The van der Waals surface area contributed by atoms with E-state index in [-0.39, 0.29) is 5.41 Å². The predicted octanol–water partition coefficient (Wildman–Crippen LogP) is 2.57. The van der Waals surface area contributed by atoms with Crippen LogP contribution in [0.15, 0.2) is 0 Å². The highest BCUT2D eigenvalue weighted by Crippen LogP contribution is 2.17. The highest BCUT2D eigenvalue weighted by Gasteiger charge is 2.26. The first-order valence-corrected chi connectivity index (χ1v) is 3.98. The summed E-state index contributed by atoms with van der Waals surface area (Å²) >= 11 is 0. The number of hydrogen-bond acceptors (Lipinski definition) is 1. The second kappa shape index (κ2) is 4.12. The van der Waals surface area contributed by atoms with Gasteiger partial charge in [-0.25, -0.2) is 0 Å². The Morgan fingerprint density at radius 3 is 1.92 bits per heavy atom. The Kier molecular flexibility index (Phi) is 4.03. The second-order valence-corrected chi connectivity index (χ2v) is 4.10. The van der Waals surface area contributed by atoms with Gasteiger partial charge in [-0.05, 0) is 18.4 Å². The summed E-state index contributed by atoms with van der Waals surface area (Å²) in [4.78, 5) is 0. The van der Waals surface area contributed by atoms with Crippen molar-refractivity contribution in [3.05, 3.63) is 0 Å². The molecule has 0 atom stereocenters. The van der Waals surface area contributed by atoms with E-state index in [1.165, 1.54) is 0 Å². The molecule has 0 bridgehead atoms. The zero-order valence-electron chi connectivity index (χ0n) is 7.76. The molecule has 0 aliphatic rings. The summed E-state index contributed by atoms with van der Waals surface area (Å²) in [5.74, 6) is 0. The van der Waals surface area contributed by atoms with Crippen molar-refractivity contribution in [1.29, 1.82) is 0 Å². The molecule has 74 valence electrons. The Bertz CT molecular complexity index is 107. The van der Waals surface area contributed by atoms with Crippen molar-refractivity contribution in [2.75, 3.05) is 13.1 Å². The quantitative estimate of drug-likeness (QED) is 0.663. The molecule has 0 aromatic heterocycles. The third-order valence-electron chi connectivity index (χ3n) is 1.38. The van der Waals surface area contributed by atoms with Gasteiger partial charge < -0.3 is 5.32 Å². The topological polar surface area (TPSA) is 12.0 Å². The Hall–Kier alpha value is -0.250. The van der Waals surface area contributed by atoms with Gasteiger partial charge in [0.2, 0.25) is 0 Å². The highest BCUT2D eigenvalue weighted by molar-refractivity contribution is 4.64. The van der Waals surface area contributed by atoms with Crippen LogP contribution in [0, 0.1) is 5.41 Å². The smallest absolute Gasteiger partial charge is 0.309 e. The fourth-order valence-corrected chi connectivity index (χ4v) is 0.694. The zero-order chi connectivity index (χ0) is 9.83. The van der Waals surface area contributed by atoms with E-state index in [0.29, 0.717) is 6.54 Å². The Labute approximate surface area is 71.3 Å². The number of hydrogen-bond donors (Lipinski definition) is 1. The van der Waals surface area contributed by atoms with Crippen molar-refractivity contribution in [3.8, 4) is 0 Å². The summed E-state index contributed by atoms with van der Waals surface area (Å²) in [5.41, 5.74) is 0.0958. The van der Waals surface area contributed by atoms with Gasteiger partial charge in [0.05, 0.1) is 6.54 Å². The molecule has 0 unspecified atom stereocenters. The van der Waals surface area contributed by atoms with Crippen molar-refractivity contribution in [3.63, 3.8) is 0 Å². The first-order chi connectivity index (χ1) is 5.21. The summed E-state index contributed by atoms with van der Waals surface area (Å²) in [6, 6.07) is 0. The maximum atomic E-state index is 11.6. The number of nitrogens with one attached hydrogen (secondary N) is 1. The first kappa shape index (κ1) is 11.8. The molecule has 0 aromatic rings. The molecule has 12 heavy (non-hydrogen) atoms. The van der Waals surface area contributed by atoms with E-state index in [2.05, 4.69) is 5.32 Å². The minimum atomic E-state index is -4.09. The van der Waals surface area contributed by atoms with E-state index in [1.807, 2.05) is 20.8 Å². The monoisotopic (exact) mass is 183 g/mol. The average Bonchev–Trinajstić information content (AvgIpc) is 1.76. The van der Waals surface area contributed by atoms with Crippen LogP contribution in [-0.4, -0.2) is 19.3 Å². The molecule has 0 saturated heterocycles. The molecule has 0 amide bonds. The molecule has 0 aliphatic carbocycles. The van der Waals surface area contributed by atoms with Crippen LogP contribution in [0.1, 0.15) is 27.2 Å². The molecule has 1 N–H and O–H groups in total. The maximum Gasteiger partial charge on any atom is 0.401 e. The van der Waals surface area contributed by atoms with E-state index in [4.69, 9.17) is 0 Å². The minimum absolute atomic E-state index is 0.0958. The van der Waals surface area contributed by atoms with Crippen molar-refractivity contribution in [2.24, 2.45) is 5.41 Å². The van der Waals surface area contributed by atoms with Gasteiger partial charge in [-0.2, -0.15) is 13.2 Å². The normalized spacial score (nSPS) is 13.5. The SMILES string of the molecule is CC(C)(C)CCNCC(F)(F)F. The lowest BCUT2D eigenvalue weighted by Gasteiger charge is -2.18. The lowest BCUT2D eigenvalue weighted by atomic mass is 9.92. The van der Waals surface area contributed by atoms with Crippen LogP contribution in [0.5, 0.6) is 0 Å². The maximum absolute atomic E-state index is 11.6. The van der Waals surface area contributed by atoms with E-state index in [1.54, 1.807) is 0 Å². The zero-order valence-corrected chi connectivity index (χ0v) is 7.76. The predicted molar refractivity (Wildman–Crippen MR) is 43.0 cm³/mol. The number of rotatable bonds is 3. The third-order valence-corrected chi connectivity index (χ3v) is 1.38. The Morgan fingerprint density at radius 2 is 1.58 bits per heavy atom. The molecular weight excluding hydrogens is 167 g/mol. The van der Waals surface area contributed by atoms with Crippen LogP contribution in [0.25, 0.3) is 0 Å². The van der Waals surface area contributed by atoms with Crippen molar-refractivity contribution >= 4 is 0 Å². The fourth-order valence-electron chi connectivity index (χ4n) is 0.694. The molecule has 0 heterocycles. The van der Waals surface area contributed by atoms with Gasteiger partial charge in [0.1, 0.15) is 0 Å². The van der Waals surface area contributed by atoms with Crippen molar-refractivity contribution in [1.82, 2.24) is 5.32 Å². The van der Waals surface area contributed by atoms with Crippen molar-refractivity contribution in [2.45, 2.75) is 33.4 Å². The largest absolute Gasteiger partial charge is 0.401 e. The molecule has 0 aliphatic heterocycles. The van der Waals surface area contributed by atoms with Crippen LogP contribution in [0.4, 0.5) is 13.2 Å². The van der Waals surface area contributed by atoms with Crippen LogP contribution < -0.4 is 5.32 Å². The first-order valence-electron chi connectivity index (χ1n) is 3.98. The van der Waals surface area contributed by atoms with Gasteiger partial charge >= 0.3 is 6.18 Å². The van der Waals surface area contributed by atoms with Crippen LogP contribution >= 0.6 is 0 Å². The molecule has 0 aromatic carbocycles. The van der Waals surface area contributed by atoms with Gasteiger partial charge in [-0.15, -0.1) is 0 Å². The summed E-state index contributed by atoms with van der Waals surface area (Å²) in [6.07, 6.45) is -3.33. The standard InChI is InChI=1S/C8H16F3N/c1-7(2,3)4-5-12-6-8(9,10)11/h12H,4-6H2,1-3H3. The summed E-state index contributed by atoms with van der Waals surface area (Å²) in [5, 5.41) is 2.36. The molecule has 4 heteroatoms. The van der Waals surface area contributed by atoms with E-state index >= 15 is 0 Å². The van der Waals surface area contributed by atoms with Crippen LogP contribution in [0.2, 0.25) is 0 Å². The van der Waals surface area contributed by atoms with E-state index in [0.717, 1.165) is 6.42 Å². The number of halogens is 3. The van der Waals surface area contributed by atoms with Crippen LogP contribution in [-0.2, 0) is 0 Å². The summed E-state index contributed by atoms with van der Waals surface area (Å²) in [6.45, 7) is 5.54. The molecule has 0 saturated carbocycles. The molecular formula is C8H16F3N. The highest BCUT2D eigenvalue weighted by atomic mass is 19.4. The van der Waals surface area contributed by atoms with Crippen LogP contribution in [0.3, 0.4) is 0 Å². The third kappa shape index (κ3) is 9.75. The molecule has 1 nitrogen and oxygen atoms in total. The van der Waals surface area contributed by atoms with E-state index in [9.17, 15) is 13.2 Å². The minimum Gasteiger partial charge on any atom is -0.309 e. The van der Waals surface area contributed by atoms with Gasteiger partial charge in [0.25, 0.3) is 0 Å². The van der Waals surface area contributed by atoms with Gasteiger partial charge in [0.15, 0.2) is 0 Å². The summed E-state index contributed by atoms with van der Waals surface area (Å²) in [7, 11) is 0. The number of alkyl halides is 3. The fraction of sp³-hybridized carbons (Fsp3) is 1.00. The van der Waals surface area contributed by atoms with Gasteiger partial charge in [-0.3, -0.25) is 0 Å². The van der Waals surface area contributed by atoms with E-state index < -0.39 is 12.7 Å². The molecule has 0 spiro atoms. The average molecular weight is 183 g/mol. The molecule has 0 fully saturated rings. The molecule has 0 radical (unpaired) electrons. The van der Waals surface area contributed by atoms with Gasteiger partial charge in [0, 0.05) is 0 Å². The second-order valence-electron chi connectivity index (χ2n) is 4.10. The molecule has 0 rings (SSSR count). The Balaban J connectivity index is 3.35. The Morgan fingerprint density at radius 1 is 1.08 bits per heavy atom.